The molecule has 0 aliphatic rings. The second-order valence-electron chi connectivity index (χ2n) is 3.45. The van der Waals surface area contributed by atoms with E-state index in [-0.39, 0.29) is 5.97 Å². The van der Waals surface area contributed by atoms with Gasteiger partial charge in [-0.1, -0.05) is 5.59 Å². The minimum absolute atomic E-state index is 0.341. The number of nitrogens with one attached hydrogen (secondary N) is 1. The lowest BCUT2D eigenvalue weighted by Gasteiger charge is -2.18. The van der Waals surface area contributed by atoms with E-state index in [0.29, 0.717) is 13.0 Å². The monoisotopic (exact) mass is 204 g/mol. The van der Waals surface area contributed by atoms with Crippen LogP contribution in [0.1, 0.15) is 6.42 Å². The molecule has 6 heteroatoms. The fourth-order valence-corrected chi connectivity index (χ4v) is 0.881. The maximum Gasteiger partial charge on any atom is 0.327 e. The third kappa shape index (κ3) is 7.93. The summed E-state index contributed by atoms with van der Waals surface area (Å²) in [5.74, 6) is 4.48. The molecule has 0 aliphatic carbocycles. The minimum atomic E-state index is -0.343. The van der Waals surface area contributed by atoms with Crippen LogP contribution in [0.15, 0.2) is 0 Å². The molecule has 0 heterocycles. The fourth-order valence-electron chi connectivity index (χ4n) is 0.881. The van der Waals surface area contributed by atoms with Crippen LogP contribution in [-0.4, -0.2) is 56.5 Å². The van der Waals surface area contributed by atoms with Gasteiger partial charge in [0.15, 0.2) is 0 Å². The van der Waals surface area contributed by atoms with Crippen molar-refractivity contribution < 1.29 is 9.63 Å². The van der Waals surface area contributed by atoms with E-state index in [1.54, 1.807) is 0 Å². The summed E-state index contributed by atoms with van der Waals surface area (Å²) in [6.07, 6.45) is 0.341. The molecule has 0 fully saturated rings. The molecule has 0 atom stereocenters. The van der Waals surface area contributed by atoms with Crippen molar-refractivity contribution in [1.82, 2.24) is 15.4 Å². The van der Waals surface area contributed by atoms with Crippen molar-refractivity contribution in [2.75, 3.05) is 40.8 Å². The Morgan fingerprint density at radius 3 is 2.43 bits per heavy atom. The average Bonchev–Trinajstić information content (AvgIpc) is 2.12. The Kier molecular flexibility index (Phi) is 7.31. The highest BCUT2D eigenvalue weighted by atomic mass is 16.7. The smallest absolute Gasteiger partial charge is 0.327 e. The lowest BCUT2D eigenvalue weighted by atomic mass is 10.4. The maximum atomic E-state index is 10.9. The molecule has 0 bridgehead atoms. The summed E-state index contributed by atoms with van der Waals surface area (Å²) in [7, 11) is 5.99. The molecule has 0 rings (SSSR count). The number of hydrogen-bond donors (Lipinski definition) is 2. The zero-order chi connectivity index (χ0) is 11.0. The first-order chi connectivity index (χ1) is 6.56. The van der Waals surface area contributed by atoms with Crippen molar-refractivity contribution in [2.45, 2.75) is 6.42 Å². The molecule has 0 aliphatic heterocycles. The Balaban J connectivity index is 3.43. The van der Waals surface area contributed by atoms with Crippen LogP contribution in [0.4, 0.5) is 0 Å². The average molecular weight is 204 g/mol. The lowest BCUT2D eigenvalue weighted by Crippen LogP contribution is -2.32. The van der Waals surface area contributed by atoms with E-state index >= 15 is 0 Å². The molecule has 0 amide bonds. The van der Waals surface area contributed by atoms with E-state index in [0.717, 1.165) is 13.1 Å². The van der Waals surface area contributed by atoms with Gasteiger partial charge in [-0.3, -0.25) is 4.79 Å². The number of carbonyl (C=O) groups is 1. The third-order valence-corrected chi connectivity index (χ3v) is 1.80. The summed E-state index contributed by atoms with van der Waals surface area (Å²) in [5, 5.41) is 0. The second kappa shape index (κ2) is 7.69. The molecular formula is C8H20N4O2. The summed E-state index contributed by atoms with van der Waals surface area (Å²) < 4.78 is 0. The van der Waals surface area contributed by atoms with Gasteiger partial charge in [-0.2, -0.15) is 0 Å². The summed E-state index contributed by atoms with van der Waals surface area (Å²) in [6.45, 7) is 2.57. The molecule has 0 spiro atoms. The largest absolute Gasteiger partial charge is 0.356 e. The first-order valence-electron chi connectivity index (χ1n) is 4.54. The molecule has 0 radical (unpaired) electrons. The van der Waals surface area contributed by atoms with Crippen LogP contribution in [0, 0.1) is 0 Å². The van der Waals surface area contributed by atoms with Gasteiger partial charge in [0.25, 0.3) is 0 Å². The van der Waals surface area contributed by atoms with Crippen LogP contribution in [0.5, 0.6) is 0 Å². The summed E-state index contributed by atoms with van der Waals surface area (Å²) in [6, 6.07) is 0. The van der Waals surface area contributed by atoms with Crippen LogP contribution in [0.25, 0.3) is 0 Å². The number of rotatable bonds is 7. The van der Waals surface area contributed by atoms with Gasteiger partial charge < -0.3 is 14.6 Å². The second-order valence-corrected chi connectivity index (χ2v) is 3.45. The van der Waals surface area contributed by atoms with Crippen molar-refractivity contribution in [1.29, 1.82) is 0 Å². The predicted octanol–water partition coefficient (Wildman–Crippen LogP) is -1.21. The molecule has 14 heavy (non-hydrogen) atoms. The van der Waals surface area contributed by atoms with E-state index in [4.69, 9.17) is 5.84 Å². The highest BCUT2D eigenvalue weighted by Gasteiger charge is 2.05. The molecule has 0 saturated heterocycles. The van der Waals surface area contributed by atoms with Crippen LogP contribution < -0.4 is 11.4 Å². The van der Waals surface area contributed by atoms with Crippen molar-refractivity contribution in [3.05, 3.63) is 0 Å². The van der Waals surface area contributed by atoms with E-state index in [9.17, 15) is 4.79 Å². The Hall–Kier alpha value is -0.690. The van der Waals surface area contributed by atoms with Gasteiger partial charge >= 0.3 is 5.97 Å². The Morgan fingerprint density at radius 1 is 1.29 bits per heavy atom. The van der Waals surface area contributed by atoms with Crippen molar-refractivity contribution >= 4 is 5.97 Å². The zero-order valence-corrected chi connectivity index (χ0v) is 9.12. The number of hydrazine groups is 1. The van der Waals surface area contributed by atoms with Gasteiger partial charge in [-0.05, 0) is 21.1 Å². The Morgan fingerprint density at radius 2 is 1.93 bits per heavy atom. The molecular weight excluding hydrogens is 184 g/mol. The van der Waals surface area contributed by atoms with Crippen molar-refractivity contribution in [2.24, 2.45) is 5.84 Å². The van der Waals surface area contributed by atoms with Gasteiger partial charge in [0.05, 0.1) is 6.42 Å². The first-order valence-corrected chi connectivity index (χ1v) is 4.54. The maximum absolute atomic E-state index is 10.9. The molecule has 0 saturated carbocycles. The third-order valence-electron chi connectivity index (χ3n) is 1.80. The fraction of sp³-hybridized carbons (Fsp3) is 0.875. The molecule has 6 nitrogen and oxygen atoms in total. The van der Waals surface area contributed by atoms with Gasteiger partial charge in [0.1, 0.15) is 0 Å². The summed E-state index contributed by atoms with van der Waals surface area (Å²) >= 11 is 0. The zero-order valence-electron chi connectivity index (χ0n) is 9.12. The highest BCUT2D eigenvalue weighted by molar-refractivity contribution is 5.69. The van der Waals surface area contributed by atoms with Crippen LogP contribution in [0.3, 0.4) is 0 Å². The predicted molar refractivity (Wildman–Crippen MR) is 54.1 cm³/mol. The molecule has 0 unspecified atom stereocenters. The Bertz CT molecular complexity index is 163. The minimum Gasteiger partial charge on any atom is -0.356 e. The quantitative estimate of drug-likeness (QED) is 0.400. The number of carbonyl (C=O) groups excluding carboxylic acids is 1. The van der Waals surface area contributed by atoms with Gasteiger partial charge in [0, 0.05) is 19.6 Å². The summed E-state index contributed by atoms with van der Waals surface area (Å²) in [4.78, 5) is 19.4. The molecule has 0 aromatic heterocycles. The molecule has 0 aromatic rings. The Labute approximate surface area is 84.9 Å². The summed E-state index contributed by atoms with van der Waals surface area (Å²) in [5.41, 5.74) is 1.87. The highest BCUT2D eigenvalue weighted by Crippen LogP contribution is 1.89. The number of hydrogen-bond acceptors (Lipinski definition) is 6. The van der Waals surface area contributed by atoms with Crippen LogP contribution in [0.2, 0.25) is 0 Å². The topological polar surface area (TPSA) is 70.8 Å². The van der Waals surface area contributed by atoms with Gasteiger partial charge in [0.2, 0.25) is 0 Å². The molecule has 0 aromatic carbocycles. The van der Waals surface area contributed by atoms with Crippen LogP contribution >= 0.6 is 0 Å². The number of nitrogens with zero attached hydrogens (tertiary/aromatic N) is 2. The van der Waals surface area contributed by atoms with Gasteiger partial charge in [-0.25, -0.2) is 5.84 Å². The molecule has 84 valence electrons. The van der Waals surface area contributed by atoms with E-state index < -0.39 is 0 Å². The van der Waals surface area contributed by atoms with Crippen molar-refractivity contribution in [3.8, 4) is 0 Å². The van der Waals surface area contributed by atoms with E-state index in [1.807, 2.05) is 26.7 Å². The molecule has 3 N–H and O–H groups in total. The van der Waals surface area contributed by atoms with Gasteiger partial charge in [-0.15, -0.1) is 0 Å². The number of nitrogens with two attached hydrogens (primary N) is 1. The van der Waals surface area contributed by atoms with E-state index in [2.05, 4.69) is 14.6 Å². The standard InChI is InChI=1S/C8H20N4O2/c1-11(2)6-7-12(3)5-4-8(13)14-10-9/h10H,4-7,9H2,1-3H3. The lowest BCUT2D eigenvalue weighted by molar-refractivity contribution is -0.151. The van der Waals surface area contributed by atoms with E-state index in [1.165, 1.54) is 0 Å². The number of likely N-dealkylation sites (N-methyl/N-ethyl adjacent to an activating group) is 2. The first kappa shape index (κ1) is 13.3. The van der Waals surface area contributed by atoms with Crippen molar-refractivity contribution in [3.63, 3.8) is 0 Å². The van der Waals surface area contributed by atoms with Crippen LogP contribution in [-0.2, 0) is 9.63 Å². The normalized spacial score (nSPS) is 11.0. The SMILES string of the molecule is CN(C)CCN(C)CCC(=O)ONN.